The van der Waals surface area contributed by atoms with Crippen molar-refractivity contribution in [2.24, 2.45) is 10.4 Å². The van der Waals surface area contributed by atoms with Gasteiger partial charge in [-0.05, 0) is 117 Å². The van der Waals surface area contributed by atoms with Crippen molar-refractivity contribution in [2.45, 2.75) is 124 Å². The number of carbonyl (C=O) groups is 4. The van der Waals surface area contributed by atoms with E-state index in [2.05, 4.69) is 58.4 Å². The highest BCUT2D eigenvalue weighted by Crippen LogP contribution is 2.40. The quantitative estimate of drug-likeness (QED) is 0.0741. The van der Waals surface area contributed by atoms with Crippen molar-refractivity contribution in [1.29, 1.82) is 0 Å². The number of likely N-dealkylation sites (tertiary alicyclic amines) is 1. The molecular formula is C55H62ClFN8O6S2. The maximum atomic E-state index is 15.1. The number of aliphatic hydroxyl groups excluding tert-OH is 1. The van der Waals surface area contributed by atoms with Gasteiger partial charge in [-0.3, -0.25) is 28.7 Å². The molecule has 4 N–H and O–H groups in total. The van der Waals surface area contributed by atoms with E-state index in [-0.39, 0.29) is 56.5 Å². The molecule has 18 heteroatoms. The molecule has 6 atom stereocenters. The van der Waals surface area contributed by atoms with Gasteiger partial charge in [0.15, 0.2) is 5.82 Å². The van der Waals surface area contributed by atoms with Crippen molar-refractivity contribution >= 4 is 63.6 Å². The predicted octanol–water partition coefficient (Wildman–Crippen LogP) is 9.25. The van der Waals surface area contributed by atoms with E-state index in [0.717, 1.165) is 43.4 Å². The van der Waals surface area contributed by atoms with Crippen LogP contribution in [0.2, 0.25) is 5.02 Å². The molecule has 1 fully saturated rings. The number of nitrogens with zero attached hydrogens (tertiary/aromatic N) is 5. The van der Waals surface area contributed by atoms with Gasteiger partial charge in [0.25, 0.3) is 0 Å². The van der Waals surface area contributed by atoms with Gasteiger partial charge in [-0.25, -0.2) is 4.39 Å². The first-order valence-electron chi connectivity index (χ1n) is 24.5. The molecule has 0 aliphatic carbocycles. The molecule has 0 spiro atoms. The Morgan fingerprint density at radius 2 is 1.64 bits per heavy atom. The number of hydrogen-bond acceptors (Lipinski definition) is 11. The average Bonchev–Trinajstić information content (AvgIpc) is 4.11. The fraction of sp³-hybridized carbons (Fsp3) is 0.400. The number of benzene rings is 3. The number of nitrogens with one attached hydrogen (secondary N) is 3. The fourth-order valence-electron chi connectivity index (χ4n) is 9.34. The lowest BCUT2D eigenvalue weighted by molar-refractivity contribution is -0.144. The second-order valence-electron chi connectivity index (χ2n) is 20.2. The zero-order valence-corrected chi connectivity index (χ0v) is 44.9. The highest BCUT2D eigenvalue weighted by molar-refractivity contribution is 7.15. The minimum Gasteiger partial charge on any atom is -0.489 e. The molecule has 1 unspecified atom stereocenters. The third-order valence-corrected chi connectivity index (χ3v) is 15.9. The summed E-state index contributed by atoms with van der Waals surface area (Å²) in [5.41, 5.74) is 6.55. The molecule has 1 saturated heterocycles. The highest BCUT2D eigenvalue weighted by Gasteiger charge is 2.45. The number of hydrogen-bond donors (Lipinski definition) is 4. The van der Waals surface area contributed by atoms with Gasteiger partial charge in [0.2, 0.25) is 23.6 Å². The number of ether oxygens (including phenoxy) is 1. The number of aromatic nitrogens is 3. The lowest BCUT2D eigenvalue weighted by Crippen LogP contribution is -2.57. The second-order valence-corrected chi connectivity index (χ2v) is 22.7. The minimum absolute atomic E-state index is 0.0236. The number of halogens is 2. The topological polar surface area (TPSA) is 180 Å². The molecule has 14 nitrogen and oxygen atoms in total. The summed E-state index contributed by atoms with van der Waals surface area (Å²) in [6, 6.07) is 18.8. The molecule has 0 bridgehead atoms. The van der Waals surface area contributed by atoms with Crippen LogP contribution in [-0.4, -0.2) is 91.5 Å². The third kappa shape index (κ3) is 12.1. The highest BCUT2D eigenvalue weighted by atomic mass is 35.5. The van der Waals surface area contributed by atoms with Crippen LogP contribution in [0.15, 0.2) is 83.2 Å². The summed E-state index contributed by atoms with van der Waals surface area (Å²) >= 11 is 9.56. The van der Waals surface area contributed by atoms with E-state index < -0.39 is 59.3 Å². The van der Waals surface area contributed by atoms with E-state index in [4.69, 9.17) is 21.3 Å². The van der Waals surface area contributed by atoms with Crippen LogP contribution in [0.1, 0.15) is 116 Å². The van der Waals surface area contributed by atoms with Gasteiger partial charge in [0.05, 0.1) is 30.8 Å². The number of aliphatic hydroxyl groups is 1. The summed E-state index contributed by atoms with van der Waals surface area (Å²) in [6.45, 7) is 17.2. The summed E-state index contributed by atoms with van der Waals surface area (Å²) < 4.78 is 23.2. The molecule has 0 radical (unpaired) electrons. The Kier molecular flexibility index (Phi) is 16.0. The van der Waals surface area contributed by atoms with Crippen LogP contribution in [-0.2, 0) is 25.6 Å². The van der Waals surface area contributed by atoms with E-state index in [1.54, 1.807) is 35.7 Å². The smallest absolute Gasteiger partial charge is 0.246 e. The largest absolute Gasteiger partial charge is 0.489 e. The molecule has 8 rings (SSSR count). The maximum Gasteiger partial charge on any atom is 0.246 e. The van der Waals surface area contributed by atoms with Crippen LogP contribution >= 0.6 is 34.3 Å². The minimum atomic E-state index is -1.03. The maximum absolute atomic E-state index is 15.1. The van der Waals surface area contributed by atoms with Crippen LogP contribution in [0, 0.1) is 38.9 Å². The fourth-order valence-corrected chi connectivity index (χ4v) is 11.6. The van der Waals surface area contributed by atoms with Crippen molar-refractivity contribution in [3.05, 3.63) is 139 Å². The van der Waals surface area contributed by atoms with Crippen LogP contribution in [0.3, 0.4) is 0 Å². The SMILES string of the molecule is Cc1ccsc1-c1ccc([C@H](C)NC(=O)[C@@H]2C[C@@H](O)CN2C(=O)[C@@H](NC(=O)CCc2cc(F)cc(OC(C)CNC(=O)C[C@@H]3N=C(c4ccc(Cl)cc4)c4c(sc(C)c4C)-n4c(C)nnc43)c2)C(C)(C)C)cc1. The number of thiophene rings is 2. The molecular weight excluding hydrogens is 987 g/mol. The monoisotopic (exact) mass is 1050 g/mol. The number of aliphatic imine (C=N–C) groups is 1. The van der Waals surface area contributed by atoms with Crippen LogP contribution in [0.4, 0.5) is 4.39 Å². The molecule has 4 amide bonds. The van der Waals surface area contributed by atoms with Gasteiger partial charge < -0.3 is 30.7 Å². The number of fused-ring (bicyclic) bond motifs is 3. The van der Waals surface area contributed by atoms with Crippen LogP contribution in [0.25, 0.3) is 15.4 Å². The molecule has 6 aromatic rings. The molecule has 2 aliphatic rings. The van der Waals surface area contributed by atoms with Crippen molar-refractivity contribution in [2.75, 3.05) is 13.1 Å². The lowest BCUT2D eigenvalue weighted by atomic mass is 9.85. The van der Waals surface area contributed by atoms with Gasteiger partial charge in [-0.1, -0.05) is 68.8 Å². The number of β-amino-alcohol motifs (C(OH)–C–C–N with tert-alkyl or cyclic N) is 1. The summed E-state index contributed by atoms with van der Waals surface area (Å²) in [7, 11) is 0. The van der Waals surface area contributed by atoms with Gasteiger partial charge in [-0.15, -0.1) is 32.9 Å². The van der Waals surface area contributed by atoms with Crippen LogP contribution < -0.4 is 20.7 Å². The number of aryl methyl sites for hydroxylation is 4. The van der Waals surface area contributed by atoms with Crippen molar-refractivity contribution in [1.82, 2.24) is 35.6 Å². The zero-order valence-electron chi connectivity index (χ0n) is 42.5. The standard InChI is InChI=1S/C55H62ClFN8O6S2/c1-29-20-21-72-49(29)38-13-11-36(12-14-38)32(4)59-52(69)44-25-41(66)28-64(44)53(70)50(55(7,8)9)61-45(67)19-10-35-22-40(57)24-42(23-35)71-30(2)27-58-46(68)26-43-51-63-62-34(6)65(51)54-47(31(3)33(5)73-54)48(60-43)37-15-17-39(56)18-16-37/h11-18,20-24,30,32,41,43-44,50,66H,10,19,25-28H2,1-9H3,(H,58,68)(H,59,69)(H,61,67)/t30?,32-,41+,43-,44-,50+/m0/s1. The van der Waals surface area contributed by atoms with Gasteiger partial charge in [0.1, 0.15) is 46.6 Å². The van der Waals surface area contributed by atoms with Crippen LogP contribution in [0.5, 0.6) is 5.75 Å². The number of amides is 4. The summed E-state index contributed by atoms with van der Waals surface area (Å²) in [6.07, 6.45) is -1.40. The first kappa shape index (κ1) is 53.0. The Morgan fingerprint density at radius 3 is 2.33 bits per heavy atom. The van der Waals surface area contributed by atoms with E-state index in [1.807, 2.05) is 87.7 Å². The second kappa shape index (κ2) is 22.1. The Hall–Kier alpha value is -6.27. The van der Waals surface area contributed by atoms with Crippen molar-refractivity contribution in [3.63, 3.8) is 0 Å². The first-order chi connectivity index (χ1) is 34.6. The molecule has 73 heavy (non-hydrogen) atoms. The molecule has 0 saturated carbocycles. The summed E-state index contributed by atoms with van der Waals surface area (Å²) in [5.74, 6) is -0.721. The first-order valence-corrected chi connectivity index (χ1v) is 26.5. The Balaban J connectivity index is 0.862. The summed E-state index contributed by atoms with van der Waals surface area (Å²) in [4.78, 5) is 64.2. The molecule has 5 heterocycles. The van der Waals surface area contributed by atoms with Gasteiger partial charge >= 0.3 is 0 Å². The Morgan fingerprint density at radius 1 is 0.932 bits per heavy atom. The lowest BCUT2D eigenvalue weighted by Gasteiger charge is -2.35. The zero-order chi connectivity index (χ0) is 52.5. The van der Waals surface area contributed by atoms with Crippen molar-refractivity contribution < 1.29 is 33.4 Å². The average molecular weight is 1050 g/mol. The molecule has 3 aromatic heterocycles. The van der Waals surface area contributed by atoms with E-state index in [1.165, 1.54) is 27.5 Å². The van der Waals surface area contributed by atoms with E-state index in [0.29, 0.717) is 22.2 Å². The normalized spacial score (nSPS) is 17.7. The van der Waals surface area contributed by atoms with E-state index in [9.17, 15) is 24.3 Å². The molecule has 384 valence electrons. The molecule has 3 aromatic carbocycles. The Labute approximate surface area is 438 Å². The van der Waals surface area contributed by atoms with E-state index >= 15 is 4.39 Å². The van der Waals surface area contributed by atoms with Gasteiger partial charge in [-0.2, -0.15) is 0 Å². The predicted molar refractivity (Wildman–Crippen MR) is 284 cm³/mol. The number of rotatable bonds is 16. The Bertz CT molecular complexity index is 3050. The molecule has 2 aliphatic heterocycles. The van der Waals surface area contributed by atoms with Crippen molar-refractivity contribution in [3.8, 4) is 21.2 Å². The van der Waals surface area contributed by atoms with Gasteiger partial charge in [0, 0.05) is 51.4 Å². The number of carbonyl (C=O) groups excluding carboxylic acids is 4. The third-order valence-electron chi connectivity index (χ3n) is 13.4. The summed E-state index contributed by atoms with van der Waals surface area (Å²) in [5, 5.41) is 32.1.